The highest BCUT2D eigenvalue weighted by Crippen LogP contribution is 2.37. The molecule has 84 valence electrons. The molecule has 1 aromatic rings. The Bertz CT molecular complexity index is 356. The van der Waals surface area contributed by atoms with Gasteiger partial charge in [-0.05, 0) is 18.6 Å². The summed E-state index contributed by atoms with van der Waals surface area (Å²) >= 11 is 12.0. The Kier molecular flexibility index (Phi) is 4.22. The second-order valence-corrected chi connectivity index (χ2v) is 4.01. The first-order valence-electron chi connectivity index (χ1n) is 4.44. The van der Waals surface area contributed by atoms with Crippen molar-refractivity contribution >= 4 is 23.2 Å². The Morgan fingerprint density at radius 3 is 2.40 bits per heavy atom. The number of rotatable bonds is 3. The third-order valence-electron chi connectivity index (χ3n) is 2.18. The first-order chi connectivity index (χ1) is 6.99. The van der Waals surface area contributed by atoms with Crippen LogP contribution in [0.3, 0.4) is 0 Å². The second-order valence-electron chi connectivity index (χ2n) is 3.25. The summed E-state index contributed by atoms with van der Waals surface area (Å²) < 4.78 is 5.00. The van der Waals surface area contributed by atoms with Crippen LogP contribution in [-0.4, -0.2) is 18.3 Å². The van der Waals surface area contributed by atoms with Gasteiger partial charge in [0, 0.05) is 0 Å². The molecule has 0 aliphatic rings. The fourth-order valence-corrected chi connectivity index (χ4v) is 1.75. The minimum atomic E-state index is -0.688. The van der Waals surface area contributed by atoms with Crippen molar-refractivity contribution < 1.29 is 9.84 Å². The number of ether oxygens (including phenoxy) is 1. The van der Waals surface area contributed by atoms with Gasteiger partial charge in [0.05, 0.1) is 24.3 Å². The Morgan fingerprint density at radius 2 is 1.93 bits per heavy atom. The fraction of sp³-hybridized carbons (Fsp3) is 0.400. The van der Waals surface area contributed by atoms with E-state index < -0.39 is 12.1 Å². The Hall–Kier alpha value is -0.480. The molecular weight excluding hydrogens is 237 g/mol. The van der Waals surface area contributed by atoms with Gasteiger partial charge in [0.2, 0.25) is 0 Å². The largest absolute Gasteiger partial charge is 0.495 e. The molecule has 0 saturated carbocycles. The molecule has 3 N–H and O–H groups in total. The smallest absolute Gasteiger partial charge is 0.139 e. The molecule has 0 aliphatic carbocycles. The maximum atomic E-state index is 9.36. The molecule has 0 bridgehead atoms. The van der Waals surface area contributed by atoms with Crippen LogP contribution in [0.4, 0.5) is 0 Å². The highest BCUT2D eigenvalue weighted by atomic mass is 35.5. The molecule has 0 radical (unpaired) electrons. The zero-order valence-electron chi connectivity index (χ0n) is 8.50. The maximum Gasteiger partial charge on any atom is 0.139 e. The molecule has 0 aromatic heterocycles. The summed E-state index contributed by atoms with van der Waals surface area (Å²) in [6, 6.07) is 2.82. The van der Waals surface area contributed by atoms with Crippen LogP contribution in [0.1, 0.15) is 18.5 Å². The summed E-state index contributed by atoms with van der Waals surface area (Å²) in [4.78, 5) is 0. The molecule has 5 heteroatoms. The normalized spacial score (nSPS) is 14.8. The summed E-state index contributed by atoms with van der Waals surface area (Å²) in [5.74, 6) is 0.489. The van der Waals surface area contributed by atoms with E-state index in [1.165, 1.54) is 7.11 Å². The van der Waals surface area contributed by atoms with Gasteiger partial charge in [-0.15, -0.1) is 0 Å². The van der Waals surface area contributed by atoms with E-state index in [1.807, 2.05) is 0 Å². The molecule has 1 rings (SSSR count). The van der Waals surface area contributed by atoms with Crippen LogP contribution in [0.15, 0.2) is 12.1 Å². The lowest BCUT2D eigenvalue weighted by Crippen LogP contribution is -2.23. The molecule has 0 fully saturated rings. The zero-order chi connectivity index (χ0) is 11.6. The molecule has 15 heavy (non-hydrogen) atoms. The summed E-state index contributed by atoms with van der Waals surface area (Å²) in [5, 5.41) is 9.99. The lowest BCUT2D eigenvalue weighted by Gasteiger charge is -2.18. The number of benzene rings is 1. The van der Waals surface area contributed by atoms with E-state index in [1.54, 1.807) is 19.1 Å². The SMILES string of the molecule is COc1ccc(C(N)C(C)O)c(Cl)c1Cl. The van der Waals surface area contributed by atoms with Crippen molar-refractivity contribution in [2.75, 3.05) is 7.11 Å². The van der Waals surface area contributed by atoms with Gasteiger partial charge in [-0.25, -0.2) is 0 Å². The van der Waals surface area contributed by atoms with Crippen LogP contribution in [-0.2, 0) is 0 Å². The van der Waals surface area contributed by atoms with Gasteiger partial charge in [-0.1, -0.05) is 29.3 Å². The van der Waals surface area contributed by atoms with Gasteiger partial charge < -0.3 is 15.6 Å². The van der Waals surface area contributed by atoms with Crippen LogP contribution in [0.25, 0.3) is 0 Å². The van der Waals surface area contributed by atoms with Crippen LogP contribution < -0.4 is 10.5 Å². The van der Waals surface area contributed by atoms with Crippen LogP contribution >= 0.6 is 23.2 Å². The van der Waals surface area contributed by atoms with Crippen molar-refractivity contribution in [1.29, 1.82) is 0 Å². The molecule has 3 nitrogen and oxygen atoms in total. The zero-order valence-corrected chi connectivity index (χ0v) is 10.0. The van der Waals surface area contributed by atoms with Crippen molar-refractivity contribution in [1.82, 2.24) is 0 Å². The lowest BCUT2D eigenvalue weighted by molar-refractivity contribution is 0.164. The Morgan fingerprint density at radius 1 is 1.33 bits per heavy atom. The van der Waals surface area contributed by atoms with Crippen molar-refractivity contribution in [3.63, 3.8) is 0 Å². The first kappa shape index (κ1) is 12.6. The fourth-order valence-electron chi connectivity index (χ4n) is 1.22. The summed E-state index contributed by atoms with van der Waals surface area (Å²) in [6.07, 6.45) is -0.688. The first-order valence-corrected chi connectivity index (χ1v) is 5.20. The van der Waals surface area contributed by atoms with Gasteiger partial charge in [0.15, 0.2) is 0 Å². The minimum absolute atomic E-state index is 0.313. The van der Waals surface area contributed by atoms with E-state index in [9.17, 15) is 5.11 Å². The Labute approximate surface area is 98.7 Å². The third-order valence-corrected chi connectivity index (χ3v) is 3.05. The molecule has 2 atom stereocenters. The average Bonchev–Trinajstić information content (AvgIpc) is 2.21. The molecule has 0 saturated heterocycles. The Balaban J connectivity index is 3.17. The summed E-state index contributed by atoms with van der Waals surface area (Å²) in [5.41, 5.74) is 6.37. The number of halogens is 2. The van der Waals surface area contributed by atoms with Crippen molar-refractivity contribution in [2.24, 2.45) is 5.73 Å². The predicted octanol–water partition coefficient (Wildman–Crippen LogP) is 2.38. The van der Waals surface area contributed by atoms with Gasteiger partial charge in [0.25, 0.3) is 0 Å². The van der Waals surface area contributed by atoms with Crippen LogP contribution in [0.5, 0.6) is 5.75 Å². The topological polar surface area (TPSA) is 55.5 Å². The van der Waals surface area contributed by atoms with E-state index in [0.717, 1.165) is 0 Å². The second kappa shape index (κ2) is 5.03. The molecule has 2 unspecified atom stereocenters. The standard InChI is InChI=1S/C10H13Cl2NO2/c1-5(14)10(13)6-3-4-7(15-2)9(12)8(6)11/h3-5,10,14H,13H2,1-2H3. The van der Waals surface area contributed by atoms with E-state index in [-0.39, 0.29) is 0 Å². The molecule has 0 spiro atoms. The molecule has 1 aromatic carbocycles. The highest BCUT2D eigenvalue weighted by Gasteiger charge is 2.18. The number of aliphatic hydroxyl groups is 1. The van der Waals surface area contributed by atoms with E-state index in [0.29, 0.717) is 21.4 Å². The quantitative estimate of drug-likeness (QED) is 0.865. The van der Waals surface area contributed by atoms with E-state index >= 15 is 0 Å². The third kappa shape index (κ3) is 2.55. The van der Waals surface area contributed by atoms with Gasteiger partial charge in [-0.3, -0.25) is 0 Å². The maximum absolute atomic E-state index is 9.36. The number of hydrogen-bond donors (Lipinski definition) is 2. The molecule has 0 amide bonds. The minimum Gasteiger partial charge on any atom is -0.495 e. The lowest BCUT2D eigenvalue weighted by atomic mass is 10.0. The van der Waals surface area contributed by atoms with E-state index in [2.05, 4.69) is 0 Å². The van der Waals surface area contributed by atoms with Gasteiger partial charge in [-0.2, -0.15) is 0 Å². The number of aliphatic hydroxyl groups excluding tert-OH is 1. The summed E-state index contributed by atoms with van der Waals surface area (Å²) in [7, 11) is 1.51. The number of hydrogen-bond acceptors (Lipinski definition) is 3. The molecule has 0 heterocycles. The molecule has 0 aliphatic heterocycles. The molecular formula is C10H13Cl2NO2. The van der Waals surface area contributed by atoms with Crippen molar-refractivity contribution in [2.45, 2.75) is 19.1 Å². The van der Waals surface area contributed by atoms with E-state index in [4.69, 9.17) is 33.7 Å². The summed E-state index contributed by atoms with van der Waals surface area (Å²) in [6.45, 7) is 1.60. The van der Waals surface area contributed by atoms with Crippen molar-refractivity contribution in [3.05, 3.63) is 27.7 Å². The van der Waals surface area contributed by atoms with Gasteiger partial charge in [0.1, 0.15) is 10.8 Å². The van der Waals surface area contributed by atoms with Crippen molar-refractivity contribution in [3.8, 4) is 5.75 Å². The monoisotopic (exact) mass is 249 g/mol. The van der Waals surface area contributed by atoms with Crippen LogP contribution in [0, 0.1) is 0 Å². The number of methoxy groups -OCH3 is 1. The average molecular weight is 250 g/mol. The predicted molar refractivity (Wildman–Crippen MR) is 61.6 cm³/mol. The van der Waals surface area contributed by atoms with Crippen LogP contribution in [0.2, 0.25) is 10.0 Å². The van der Waals surface area contributed by atoms with Gasteiger partial charge >= 0.3 is 0 Å². The number of nitrogens with two attached hydrogens (primary N) is 1. The highest BCUT2D eigenvalue weighted by molar-refractivity contribution is 6.43.